The molecule has 0 aromatic carbocycles. The van der Waals surface area contributed by atoms with Gasteiger partial charge in [-0.2, -0.15) is 0 Å². The van der Waals surface area contributed by atoms with Gasteiger partial charge in [-0.3, -0.25) is 9.69 Å². The van der Waals surface area contributed by atoms with Crippen molar-refractivity contribution in [3.8, 4) is 0 Å². The van der Waals surface area contributed by atoms with Crippen molar-refractivity contribution >= 4 is 17.8 Å². The van der Waals surface area contributed by atoms with Gasteiger partial charge in [-0.1, -0.05) is 0 Å². The quantitative estimate of drug-likeness (QED) is 0.706. The third-order valence-electron chi connectivity index (χ3n) is 2.94. The first kappa shape index (κ1) is 15.4. The van der Waals surface area contributed by atoms with Crippen LogP contribution in [0.15, 0.2) is 0 Å². The van der Waals surface area contributed by atoms with Crippen molar-refractivity contribution in [1.29, 1.82) is 0 Å². The van der Waals surface area contributed by atoms with Gasteiger partial charge in [0.2, 0.25) is 5.54 Å². The molecule has 1 amide bonds. The van der Waals surface area contributed by atoms with Crippen LogP contribution >= 0.6 is 0 Å². The van der Waals surface area contributed by atoms with Crippen molar-refractivity contribution in [2.24, 2.45) is 0 Å². The van der Waals surface area contributed by atoms with Gasteiger partial charge in [-0.05, 0) is 27.7 Å². The Hall–Kier alpha value is -1.63. The van der Waals surface area contributed by atoms with Crippen molar-refractivity contribution in [3.05, 3.63) is 0 Å². The lowest BCUT2D eigenvalue weighted by Gasteiger charge is -2.33. The molecule has 0 spiro atoms. The third-order valence-corrected chi connectivity index (χ3v) is 2.94. The number of β-amino-alcohol motifs (C(OH)–C–C–N with tert-alkyl or cyclic N) is 1. The standard InChI is InChI=1S/C12H19NO6/c1-7(14)12(9(16)17)5-8(15)6-13(12)10(18)19-11(2,3)4/h8,15H,5-6H2,1-4H3,(H,16,17)/t8-,12+/m1/s1. The van der Waals surface area contributed by atoms with Gasteiger partial charge < -0.3 is 14.9 Å². The number of hydrogen-bond acceptors (Lipinski definition) is 5. The highest BCUT2D eigenvalue weighted by Gasteiger charge is 2.58. The van der Waals surface area contributed by atoms with Gasteiger partial charge in [-0.25, -0.2) is 9.59 Å². The van der Waals surface area contributed by atoms with Crippen LogP contribution < -0.4 is 0 Å². The fraction of sp³-hybridized carbons (Fsp3) is 0.750. The number of amides is 1. The van der Waals surface area contributed by atoms with Gasteiger partial charge in [0.1, 0.15) is 5.60 Å². The number of hydrogen-bond donors (Lipinski definition) is 2. The van der Waals surface area contributed by atoms with Crippen LogP contribution in [0.3, 0.4) is 0 Å². The molecule has 1 saturated heterocycles. The van der Waals surface area contributed by atoms with E-state index in [1.807, 2.05) is 0 Å². The maximum absolute atomic E-state index is 12.0. The van der Waals surface area contributed by atoms with Gasteiger partial charge in [0.15, 0.2) is 5.78 Å². The lowest BCUT2D eigenvalue weighted by atomic mass is 9.91. The van der Waals surface area contributed by atoms with Crippen molar-refractivity contribution in [2.75, 3.05) is 6.54 Å². The van der Waals surface area contributed by atoms with Crippen molar-refractivity contribution in [3.63, 3.8) is 0 Å². The number of carbonyl (C=O) groups excluding carboxylic acids is 2. The van der Waals surface area contributed by atoms with Crippen LogP contribution in [0.4, 0.5) is 4.79 Å². The molecule has 0 unspecified atom stereocenters. The average Bonchev–Trinajstić information content (AvgIpc) is 2.54. The smallest absolute Gasteiger partial charge is 0.411 e. The maximum atomic E-state index is 12.0. The number of ether oxygens (including phenoxy) is 1. The van der Waals surface area contributed by atoms with Crippen molar-refractivity contribution < 1.29 is 29.3 Å². The Labute approximate surface area is 111 Å². The molecule has 19 heavy (non-hydrogen) atoms. The van der Waals surface area contributed by atoms with E-state index in [9.17, 15) is 24.6 Å². The second-order valence-corrected chi connectivity index (χ2v) is 5.67. The van der Waals surface area contributed by atoms with Crippen LogP contribution in [-0.4, -0.2) is 56.7 Å². The zero-order valence-electron chi connectivity index (χ0n) is 11.5. The Morgan fingerprint density at radius 2 is 1.84 bits per heavy atom. The number of ketones is 1. The zero-order valence-corrected chi connectivity index (χ0v) is 11.5. The highest BCUT2D eigenvalue weighted by atomic mass is 16.6. The molecule has 0 bridgehead atoms. The molecule has 2 atom stereocenters. The first-order valence-electron chi connectivity index (χ1n) is 5.94. The van der Waals surface area contributed by atoms with E-state index in [2.05, 4.69) is 0 Å². The predicted molar refractivity (Wildman–Crippen MR) is 64.6 cm³/mol. The summed E-state index contributed by atoms with van der Waals surface area (Å²) in [6, 6.07) is 0. The SMILES string of the molecule is CC(=O)[C@]1(C(=O)O)C[C@@H](O)CN1C(=O)OC(C)(C)C. The number of aliphatic hydroxyl groups is 1. The molecule has 1 aliphatic rings. The molecule has 7 nitrogen and oxygen atoms in total. The van der Waals surface area contributed by atoms with E-state index in [-0.39, 0.29) is 13.0 Å². The summed E-state index contributed by atoms with van der Waals surface area (Å²) in [5.41, 5.74) is -2.85. The lowest BCUT2D eigenvalue weighted by molar-refractivity contribution is -0.154. The minimum absolute atomic E-state index is 0.235. The van der Waals surface area contributed by atoms with E-state index >= 15 is 0 Å². The van der Waals surface area contributed by atoms with Crippen LogP contribution in [0.5, 0.6) is 0 Å². The minimum atomic E-state index is -2.04. The molecule has 1 rings (SSSR count). The molecule has 2 N–H and O–H groups in total. The molecule has 0 aromatic rings. The van der Waals surface area contributed by atoms with Crippen LogP contribution in [0.25, 0.3) is 0 Å². The number of nitrogens with zero attached hydrogens (tertiary/aromatic N) is 1. The Bertz CT molecular complexity index is 397. The number of carboxylic acid groups (broad SMARTS) is 1. The fourth-order valence-corrected chi connectivity index (χ4v) is 2.12. The molecule has 1 fully saturated rings. The summed E-state index contributed by atoms with van der Waals surface area (Å²) in [6.07, 6.45) is -2.30. The number of rotatable bonds is 2. The highest BCUT2D eigenvalue weighted by Crippen LogP contribution is 2.32. The van der Waals surface area contributed by atoms with Gasteiger partial charge in [0.05, 0.1) is 12.6 Å². The third kappa shape index (κ3) is 2.86. The zero-order chi connectivity index (χ0) is 15.0. The van der Waals surface area contributed by atoms with Crippen molar-refractivity contribution in [2.45, 2.75) is 51.4 Å². The summed E-state index contributed by atoms with van der Waals surface area (Å²) in [4.78, 5) is 35.9. The molecule has 108 valence electrons. The molecule has 0 aliphatic carbocycles. The van der Waals surface area contributed by atoms with E-state index < -0.39 is 35.1 Å². The van der Waals surface area contributed by atoms with E-state index in [1.165, 1.54) is 0 Å². The van der Waals surface area contributed by atoms with E-state index in [0.717, 1.165) is 11.8 Å². The van der Waals surface area contributed by atoms with Gasteiger partial charge >= 0.3 is 12.1 Å². The molecule has 0 saturated carbocycles. The topological polar surface area (TPSA) is 104 Å². The summed E-state index contributed by atoms with van der Waals surface area (Å²) < 4.78 is 5.09. The maximum Gasteiger partial charge on any atom is 0.411 e. The summed E-state index contributed by atoms with van der Waals surface area (Å²) in [6.45, 7) is 5.75. The number of likely N-dealkylation sites (tertiary alicyclic amines) is 1. The minimum Gasteiger partial charge on any atom is -0.479 e. The molecular weight excluding hydrogens is 254 g/mol. The lowest BCUT2D eigenvalue weighted by Crippen LogP contribution is -2.58. The highest BCUT2D eigenvalue weighted by molar-refractivity contribution is 6.09. The van der Waals surface area contributed by atoms with Crippen LogP contribution in [-0.2, 0) is 14.3 Å². The number of Topliss-reactive ketones (excluding diaryl/α,β-unsaturated/α-hetero) is 1. The summed E-state index contributed by atoms with van der Waals surface area (Å²) in [7, 11) is 0. The molecule has 0 radical (unpaired) electrons. The number of aliphatic carboxylic acids is 1. The van der Waals surface area contributed by atoms with Crippen LogP contribution in [0.2, 0.25) is 0 Å². The Kier molecular flexibility index (Phi) is 3.90. The van der Waals surface area contributed by atoms with Crippen LogP contribution in [0, 0.1) is 0 Å². The first-order chi connectivity index (χ1) is 8.50. The van der Waals surface area contributed by atoms with E-state index in [1.54, 1.807) is 20.8 Å². The summed E-state index contributed by atoms with van der Waals surface area (Å²) in [5, 5.41) is 18.9. The van der Waals surface area contributed by atoms with E-state index in [4.69, 9.17) is 4.74 Å². The second kappa shape index (κ2) is 4.80. The molecule has 0 aromatic heterocycles. The van der Waals surface area contributed by atoms with Crippen LogP contribution in [0.1, 0.15) is 34.1 Å². The van der Waals surface area contributed by atoms with E-state index in [0.29, 0.717) is 0 Å². The monoisotopic (exact) mass is 273 g/mol. The van der Waals surface area contributed by atoms with Gasteiger partial charge in [0, 0.05) is 6.42 Å². The average molecular weight is 273 g/mol. The molecule has 7 heteroatoms. The normalized spacial score (nSPS) is 27.2. The molecular formula is C12H19NO6. The predicted octanol–water partition coefficient (Wildman–Crippen LogP) is 0.400. The Morgan fingerprint density at radius 3 is 2.21 bits per heavy atom. The summed E-state index contributed by atoms with van der Waals surface area (Å²) in [5.74, 6) is -2.16. The number of carboxylic acids is 1. The van der Waals surface area contributed by atoms with Crippen molar-refractivity contribution in [1.82, 2.24) is 4.90 Å². The fourth-order valence-electron chi connectivity index (χ4n) is 2.12. The Balaban J connectivity index is 3.12. The van der Waals surface area contributed by atoms with Gasteiger partial charge in [-0.15, -0.1) is 0 Å². The first-order valence-corrected chi connectivity index (χ1v) is 5.94. The molecule has 1 aliphatic heterocycles. The number of carbonyl (C=O) groups is 3. The summed E-state index contributed by atoms with van der Waals surface area (Å²) >= 11 is 0. The van der Waals surface area contributed by atoms with Gasteiger partial charge in [0.25, 0.3) is 0 Å². The largest absolute Gasteiger partial charge is 0.479 e. The molecule has 1 heterocycles. The number of aliphatic hydroxyl groups excluding tert-OH is 1. The Morgan fingerprint density at radius 1 is 1.32 bits per heavy atom. The second-order valence-electron chi connectivity index (χ2n) is 5.67.